The molecule has 0 saturated heterocycles. The van der Waals surface area contributed by atoms with Gasteiger partial charge in [0, 0.05) is 11.6 Å². The van der Waals surface area contributed by atoms with Crippen LogP contribution < -0.4 is 15.2 Å². The molecule has 1 aliphatic rings. The molecule has 0 saturated carbocycles. The summed E-state index contributed by atoms with van der Waals surface area (Å²) in [7, 11) is 1.64. The SMILES string of the molecule is COc1ccc2c(c1)OC[C@@H]2N. The summed E-state index contributed by atoms with van der Waals surface area (Å²) in [6, 6.07) is 5.73. The highest BCUT2D eigenvalue weighted by atomic mass is 16.5. The molecule has 0 aromatic heterocycles. The molecule has 3 heteroatoms. The maximum atomic E-state index is 5.77. The number of benzene rings is 1. The fraction of sp³-hybridized carbons (Fsp3) is 0.333. The molecule has 0 amide bonds. The summed E-state index contributed by atoms with van der Waals surface area (Å²) < 4.78 is 10.4. The third-order valence-corrected chi connectivity index (χ3v) is 2.04. The minimum atomic E-state index is 0.0194. The van der Waals surface area contributed by atoms with Gasteiger partial charge in [-0.05, 0) is 12.1 Å². The molecule has 0 unspecified atom stereocenters. The van der Waals surface area contributed by atoms with Gasteiger partial charge in [0.05, 0.1) is 13.2 Å². The average Bonchev–Trinajstić information content (AvgIpc) is 2.47. The Hall–Kier alpha value is -1.22. The van der Waals surface area contributed by atoms with Crippen molar-refractivity contribution in [2.75, 3.05) is 13.7 Å². The van der Waals surface area contributed by atoms with Gasteiger partial charge in [0.2, 0.25) is 0 Å². The van der Waals surface area contributed by atoms with Gasteiger partial charge < -0.3 is 15.2 Å². The van der Waals surface area contributed by atoms with Gasteiger partial charge in [0.15, 0.2) is 0 Å². The van der Waals surface area contributed by atoms with Crippen LogP contribution in [0.1, 0.15) is 11.6 Å². The highest BCUT2D eigenvalue weighted by Crippen LogP contribution is 2.33. The zero-order valence-corrected chi connectivity index (χ0v) is 6.91. The Morgan fingerprint density at radius 1 is 1.58 bits per heavy atom. The smallest absolute Gasteiger partial charge is 0.127 e. The van der Waals surface area contributed by atoms with E-state index in [9.17, 15) is 0 Å². The van der Waals surface area contributed by atoms with Gasteiger partial charge in [-0.1, -0.05) is 0 Å². The third kappa shape index (κ3) is 1.02. The van der Waals surface area contributed by atoms with Crippen molar-refractivity contribution in [1.82, 2.24) is 0 Å². The molecule has 2 rings (SSSR count). The van der Waals surface area contributed by atoms with E-state index in [0.717, 1.165) is 17.1 Å². The van der Waals surface area contributed by atoms with Crippen molar-refractivity contribution in [1.29, 1.82) is 0 Å². The van der Waals surface area contributed by atoms with Crippen molar-refractivity contribution < 1.29 is 9.47 Å². The molecule has 12 heavy (non-hydrogen) atoms. The second-order valence-corrected chi connectivity index (χ2v) is 2.82. The molecule has 1 aliphatic heterocycles. The van der Waals surface area contributed by atoms with Crippen LogP contribution in [0.2, 0.25) is 0 Å². The van der Waals surface area contributed by atoms with E-state index in [1.54, 1.807) is 7.11 Å². The van der Waals surface area contributed by atoms with Crippen LogP contribution >= 0.6 is 0 Å². The Morgan fingerprint density at radius 2 is 2.42 bits per heavy atom. The summed E-state index contributed by atoms with van der Waals surface area (Å²) in [5, 5.41) is 0. The van der Waals surface area contributed by atoms with Crippen molar-refractivity contribution >= 4 is 0 Å². The summed E-state index contributed by atoms with van der Waals surface area (Å²) in [5.41, 5.74) is 6.84. The van der Waals surface area contributed by atoms with Crippen LogP contribution in [0.4, 0.5) is 0 Å². The van der Waals surface area contributed by atoms with E-state index in [-0.39, 0.29) is 6.04 Å². The molecule has 1 aromatic carbocycles. The molecule has 3 nitrogen and oxygen atoms in total. The summed E-state index contributed by atoms with van der Waals surface area (Å²) in [5.74, 6) is 1.66. The largest absolute Gasteiger partial charge is 0.497 e. The highest BCUT2D eigenvalue weighted by molar-refractivity contribution is 5.44. The van der Waals surface area contributed by atoms with E-state index in [1.807, 2.05) is 18.2 Å². The Morgan fingerprint density at radius 3 is 3.17 bits per heavy atom. The minimum absolute atomic E-state index is 0.0194. The van der Waals surface area contributed by atoms with Gasteiger partial charge in [-0.2, -0.15) is 0 Å². The molecule has 64 valence electrons. The zero-order chi connectivity index (χ0) is 8.55. The van der Waals surface area contributed by atoms with E-state index in [1.165, 1.54) is 0 Å². The van der Waals surface area contributed by atoms with Crippen molar-refractivity contribution in [3.63, 3.8) is 0 Å². The number of fused-ring (bicyclic) bond motifs is 1. The first-order valence-electron chi connectivity index (χ1n) is 3.87. The van der Waals surface area contributed by atoms with E-state index in [0.29, 0.717) is 6.61 Å². The second kappa shape index (κ2) is 2.68. The Kier molecular flexibility index (Phi) is 1.66. The van der Waals surface area contributed by atoms with Crippen molar-refractivity contribution in [2.24, 2.45) is 5.73 Å². The lowest BCUT2D eigenvalue weighted by atomic mass is 10.1. The maximum Gasteiger partial charge on any atom is 0.127 e. The number of nitrogens with two attached hydrogens (primary N) is 1. The number of hydrogen-bond acceptors (Lipinski definition) is 3. The maximum absolute atomic E-state index is 5.77. The topological polar surface area (TPSA) is 44.5 Å². The quantitative estimate of drug-likeness (QED) is 0.677. The van der Waals surface area contributed by atoms with Crippen LogP contribution in [0.25, 0.3) is 0 Å². The molecule has 1 aromatic rings. The van der Waals surface area contributed by atoms with Gasteiger partial charge >= 0.3 is 0 Å². The summed E-state index contributed by atoms with van der Waals surface area (Å²) in [6.45, 7) is 0.572. The summed E-state index contributed by atoms with van der Waals surface area (Å²) in [4.78, 5) is 0. The van der Waals surface area contributed by atoms with Crippen LogP contribution in [0.5, 0.6) is 11.5 Å². The average molecular weight is 165 g/mol. The number of methoxy groups -OCH3 is 1. The fourth-order valence-electron chi connectivity index (χ4n) is 1.34. The molecule has 1 atom stereocenters. The molecule has 1 heterocycles. The van der Waals surface area contributed by atoms with E-state index in [2.05, 4.69) is 0 Å². The van der Waals surface area contributed by atoms with Crippen LogP contribution in [-0.2, 0) is 0 Å². The number of rotatable bonds is 1. The zero-order valence-electron chi connectivity index (χ0n) is 6.91. The predicted molar refractivity (Wildman–Crippen MR) is 45.4 cm³/mol. The Balaban J connectivity index is 2.41. The Labute approximate surface area is 71.1 Å². The predicted octanol–water partition coefficient (Wildman–Crippen LogP) is 1.09. The normalized spacial score (nSPS) is 20.0. The lowest BCUT2D eigenvalue weighted by molar-refractivity contribution is 0.331. The third-order valence-electron chi connectivity index (χ3n) is 2.04. The van der Waals surface area contributed by atoms with E-state index < -0.39 is 0 Å². The highest BCUT2D eigenvalue weighted by Gasteiger charge is 2.20. The van der Waals surface area contributed by atoms with Gasteiger partial charge in [-0.3, -0.25) is 0 Å². The lowest BCUT2D eigenvalue weighted by Crippen LogP contribution is -2.10. The van der Waals surface area contributed by atoms with Gasteiger partial charge in [0.1, 0.15) is 18.1 Å². The van der Waals surface area contributed by atoms with Crippen LogP contribution in [0, 0.1) is 0 Å². The molecular formula is C9H11NO2. The molecular weight excluding hydrogens is 154 g/mol. The minimum Gasteiger partial charge on any atom is -0.497 e. The van der Waals surface area contributed by atoms with Crippen molar-refractivity contribution in [2.45, 2.75) is 6.04 Å². The van der Waals surface area contributed by atoms with Crippen LogP contribution in [0.15, 0.2) is 18.2 Å². The summed E-state index contributed by atoms with van der Waals surface area (Å²) in [6.07, 6.45) is 0. The fourth-order valence-corrected chi connectivity index (χ4v) is 1.34. The first-order valence-corrected chi connectivity index (χ1v) is 3.87. The number of ether oxygens (including phenoxy) is 2. The molecule has 0 aliphatic carbocycles. The lowest BCUT2D eigenvalue weighted by Gasteiger charge is -2.02. The first kappa shape index (κ1) is 7.43. The number of hydrogen-bond donors (Lipinski definition) is 1. The van der Waals surface area contributed by atoms with E-state index >= 15 is 0 Å². The van der Waals surface area contributed by atoms with Gasteiger partial charge in [0.25, 0.3) is 0 Å². The summed E-state index contributed by atoms with van der Waals surface area (Å²) >= 11 is 0. The standard InChI is InChI=1S/C9H11NO2/c1-11-6-2-3-7-8(10)5-12-9(7)4-6/h2-4,8H,5,10H2,1H3/t8-/m0/s1. The van der Waals surface area contributed by atoms with Crippen LogP contribution in [0.3, 0.4) is 0 Å². The van der Waals surface area contributed by atoms with Gasteiger partial charge in [-0.15, -0.1) is 0 Å². The molecule has 0 radical (unpaired) electrons. The van der Waals surface area contributed by atoms with Crippen molar-refractivity contribution in [3.05, 3.63) is 23.8 Å². The second-order valence-electron chi connectivity index (χ2n) is 2.82. The molecule has 0 spiro atoms. The molecule has 0 fully saturated rings. The van der Waals surface area contributed by atoms with Crippen LogP contribution in [-0.4, -0.2) is 13.7 Å². The Bertz CT molecular complexity index is 299. The molecule has 2 N–H and O–H groups in total. The van der Waals surface area contributed by atoms with Gasteiger partial charge in [-0.25, -0.2) is 0 Å². The van der Waals surface area contributed by atoms with Crippen molar-refractivity contribution in [3.8, 4) is 11.5 Å². The molecule has 0 bridgehead atoms. The van der Waals surface area contributed by atoms with E-state index in [4.69, 9.17) is 15.2 Å². The first-order chi connectivity index (χ1) is 5.81. The monoisotopic (exact) mass is 165 g/mol.